The molecule has 0 saturated carbocycles. The second-order valence-corrected chi connectivity index (χ2v) is 4.71. The number of nitrogens with zero attached hydrogens (tertiary/aromatic N) is 2. The highest BCUT2D eigenvalue weighted by molar-refractivity contribution is 5.65. The summed E-state index contributed by atoms with van der Waals surface area (Å²) in [5, 5.41) is 17.0. The zero-order valence-corrected chi connectivity index (χ0v) is 11.2. The van der Waals surface area contributed by atoms with Gasteiger partial charge < -0.3 is 16.2 Å². The molecule has 17 heavy (non-hydrogen) atoms. The minimum absolute atomic E-state index is 0.169. The third kappa shape index (κ3) is 3.63. The quantitative estimate of drug-likeness (QED) is 0.704. The number of hydrogen-bond acceptors (Lipinski definition) is 4. The number of hydrogen-bond donors (Lipinski definition) is 3. The van der Waals surface area contributed by atoms with Crippen LogP contribution in [-0.2, 0) is 13.5 Å². The first-order valence-corrected chi connectivity index (χ1v) is 6.21. The molecule has 1 heterocycles. The monoisotopic (exact) mass is 240 g/mol. The van der Waals surface area contributed by atoms with E-state index in [0.717, 1.165) is 30.0 Å². The molecule has 0 saturated heterocycles. The molecule has 4 N–H and O–H groups in total. The number of aliphatic hydroxyl groups is 1. The van der Waals surface area contributed by atoms with Crippen LogP contribution >= 0.6 is 0 Å². The van der Waals surface area contributed by atoms with Crippen LogP contribution in [0.25, 0.3) is 0 Å². The number of anilines is 2. The Morgan fingerprint density at radius 3 is 2.65 bits per heavy atom. The normalized spacial score (nSPS) is 14.6. The zero-order valence-electron chi connectivity index (χ0n) is 11.2. The molecule has 0 fully saturated rings. The lowest BCUT2D eigenvalue weighted by Crippen LogP contribution is -2.22. The summed E-state index contributed by atoms with van der Waals surface area (Å²) < 4.78 is 1.78. The highest BCUT2D eigenvalue weighted by Crippen LogP contribution is 2.24. The van der Waals surface area contributed by atoms with Gasteiger partial charge in [-0.05, 0) is 26.7 Å². The Labute approximate surface area is 103 Å². The van der Waals surface area contributed by atoms with Crippen LogP contribution in [0.1, 0.15) is 39.3 Å². The molecule has 0 aliphatic carbocycles. The van der Waals surface area contributed by atoms with Gasteiger partial charge in [-0.15, -0.1) is 0 Å². The van der Waals surface area contributed by atoms with E-state index < -0.39 is 0 Å². The van der Waals surface area contributed by atoms with E-state index >= 15 is 0 Å². The second-order valence-electron chi connectivity index (χ2n) is 4.71. The van der Waals surface area contributed by atoms with Gasteiger partial charge in [-0.25, -0.2) is 0 Å². The lowest BCUT2D eigenvalue weighted by atomic mass is 10.1. The van der Waals surface area contributed by atoms with Crippen LogP contribution in [0, 0.1) is 0 Å². The highest BCUT2D eigenvalue weighted by atomic mass is 16.3. The van der Waals surface area contributed by atoms with Crippen molar-refractivity contribution in [2.45, 2.75) is 52.2 Å². The lowest BCUT2D eigenvalue weighted by Gasteiger charge is -2.17. The summed E-state index contributed by atoms with van der Waals surface area (Å²) in [4.78, 5) is 0. The van der Waals surface area contributed by atoms with Crippen LogP contribution in [0.4, 0.5) is 11.5 Å². The zero-order chi connectivity index (χ0) is 13.0. The SMILES string of the molecule is CCCc1nn(C)c(NC(C)CC(C)O)c1N. The summed E-state index contributed by atoms with van der Waals surface area (Å²) in [6, 6.07) is 0.169. The Hall–Kier alpha value is -1.23. The number of rotatable bonds is 6. The summed E-state index contributed by atoms with van der Waals surface area (Å²) in [5.74, 6) is 0.849. The Morgan fingerprint density at radius 1 is 1.47 bits per heavy atom. The molecular weight excluding hydrogens is 216 g/mol. The van der Waals surface area contributed by atoms with Gasteiger partial charge in [0, 0.05) is 13.1 Å². The number of aromatic nitrogens is 2. The first-order valence-electron chi connectivity index (χ1n) is 6.21. The van der Waals surface area contributed by atoms with E-state index in [1.165, 1.54) is 0 Å². The van der Waals surface area contributed by atoms with Crippen molar-refractivity contribution < 1.29 is 5.11 Å². The molecule has 0 aliphatic heterocycles. The average molecular weight is 240 g/mol. The van der Waals surface area contributed by atoms with Gasteiger partial charge in [-0.3, -0.25) is 4.68 Å². The average Bonchev–Trinajstić information content (AvgIpc) is 2.45. The van der Waals surface area contributed by atoms with Crippen molar-refractivity contribution in [3.05, 3.63) is 5.69 Å². The molecule has 2 atom stereocenters. The van der Waals surface area contributed by atoms with Crippen LogP contribution in [0.5, 0.6) is 0 Å². The number of nitrogens with one attached hydrogen (secondary N) is 1. The number of aryl methyl sites for hydroxylation is 2. The van der Waals surface area contributed by atoms with Crippen molar-refractivity contribution in [3.8, 4) is 0 Å². The maximum Gasteiger partial charge on any atom is 0.147 e. The Morgan fingerprint density at radius 2 is 2.12 bits per heavy atom. The second kappa shape index (κ2) is 5.91. The molecule has 98 valence electrons. The minimum atomic E-state index is -0.318. The molecule has 0 radical (unpaired) electrons. The fourth-order valence-electron chi connectivity index (χ4n) is 1.99. The predicted octanol–water partition coefficient (Wildman–Crippen LogP) is 1.53. The summed E-state index contributed by atoms with van der Waals surface area (Å²) in [5.41, 5.74) is 7.74. The van der Waals surface area contributed by atoms with Gasteiger partial charge >= 0.3 is 0 Å². The van der Waals surface area contributed by atoms with Crippen LogP contribution in [-0.4, -0.2) is 27.0 Å². The Bertz CT molecular complexity index is 360. The predicted molar refractivity (Wildman–Crippen MR) is 71.0 cm³/mol. The molecule has 0 bridgehead atoms. The first-order chi connectivity index (χ1) is 7.95. The molecule has 0 amide bonds. The minimum Gasteiger partial charge on any atom is -0.394 e. The van der Waals surface area contributed by atoms with E-state index in [-0.39, 0.29) is 12.1 Å². The van der Waals surface area contributed by atoms with Crippen LogP contribution in [0.15, 0.2) is 0 Å². The molecule has 1 rings (SSSR count). The number of aliphatic hydroxyl groups excluding tert-OH is 1. The summed E-state index contributed by atoms with van der Waals surface area (Å²) in [7, 11) is 1.88. The van der Waals surface area contributed by atoms with Crippen molar-refractivity contribution in [2.75, 3.05) is 11.1 Å². The molecule has 0 aromatic carbocycles. The third-order valence-corrected chi connectivity index (χ3v) is 2.72. The molecular formula is C12H24N4O. The summed E-state index contributed by atoms with van der Waals surface area (Å²) in [6.45, 7) is 5.92. The van der Waals surface area contributed by atoms with Gasteiger partial charge in [0.25, 0.3) is 0 Å². The van der Waals surface area contributed by atoms with Crippen LogP contribution in [0.2, 0.25) is 0 Å². The Balaban J connectivity index is 2.76. The summed E-state index contributed by atoms with van der Waals surface area (Å²) in [6.07, 6.45) is 2.30. The maximum absolute atomic E-state index is 9.34. The molecule has 0 aliphatic rings. The van der Waals surface area contributed by atoms with Crippen molar-refractivity contribution in [3.63, 3.8) is 0 Å². The number of nitrogens with two attached hydrogens (primary N) is 1. The topological polar surface area (TPSA) is 76.1 Å². The van der Waals surface area contributed by atoms with Crippen molar-refractivity contribution in [1.82, 2.24) is 9.78 Å². The molecule has 2 unspecified atom stereocenters. The van der Waals surface area contributed by atoms with Gasteiger partial charge in [0.05, 0.1) is 17.5 Å². The smallest absolute Gasteiger partial charge is 0.147 e. The molecule has 5 nitrogen and oxygen atoms in total. The van der Waals surface area contributed by atoms with Gasteiger partial charge in [0.15, 0.2) is 0 Å². The van der Waals surface area contributed by atoms with E-state index in [2.05, 4.69) is 17.3 Å². The first kappa shape index (κ1) is 13.8. The van der Waals surface area contributed by atoms with Gasteiger partial charge in [-0.1, -0.05) is 13.3 Å². The van der Waals surface area contributed by atoms with E-state index in [4.69, 9.17) is 5.73 Å². The van der Waals surface area contributed by atoms with Crippen LogP contribution in [0.3, 0.4) is 0 Å². The fraction of sp³-hybridized carbons (Fsp3) is 0.750. The molecule has 0 spiro atoms. The fourth-order valence-corrected chi connectivity index (χ4v) is 1.99. The van der Waals surface area contributed by atoms with Crippen molar-refractivity contribution in [2.24, 2.45) is 7.05 Å². The molecule has 1 aromatic heterocycles. The van der Waals surface area contributed by atoms with E-state index in [1.807, 2.05) is 14.0 Å². The van der Waals surface area contributed by atoms with Gasteiger partial charge in [0.1, 0.15) is 5.82 Å². The summed E-state index contributed by atoms with van der Waals surface area (Å²) >= 11 is 0. The lowest BCUT2D eigenvalue weighted by molar-refractivity contribution is 0.179. The van der Waals surface area contributed by atoms with Gasteiger partial charge in [0.2, 0.25) is 0 Å². The Kier molecular flexibility index (Phi) is 4.81. The van der Waals surface area contributed by atoms with E-state index in [0.29, 0.717) is 6.42 Å². The molecule has 5 heteroatoms. The van der Waals surface area contributed by atoms with Crippen LogP contribution < -0.4 is 11.1 Å². The van der Waals surface area contributed by atoms with Gasteiger partial charge in [-0.2, -0.15) is 5.10 Å². The maximum atomic E-state index is 9.34. The van der Waals surface area contributed by atoms with Crippen molar-refractivity contribution in [1.29, 1.82) is 0 Å². The van der Waals surface area contributed by atoms with E-state index in [1.54, 1.807) is 11.6 Å². The standard InChI is InChI=1S/C12H24N4O/c1-5-6-10-11(13)12(16(4)15-10)14-8(2)7-9(3)17/h8-9,14,17H,5-7,13H2,1-4H3. The van der Waals surface area contributed by atoms with Crippen molar-refractivity contribution >= 4 is 11.5 Å². The number of nitrogen functional groups attached to an aromatic ring is 1. The third-order valence-electron chi connectivity index (χ3n) is 2.72. The highest BCUT2D eigenvalue weighted by Gasteiger charge is 2.15. The van der Waals surface area contributed by atoms with E-state index in [9.17, 15) is 5.11 Å². The molecule has 1 aromatic rings. The largest absolute Gasteiger partial charge is 0.394 e.